The number of phenols is 1. The lowest BCUT2D eigenvalue weighted by molar-refractivity contribution is -0.385. The van der Waals surface area contributed by atoms with Gasteiger partial charge >= 0.3 is 11.7 Å². The van der Waals surface area contributed by atoms with E-state index in [2.05, 4.69) is 4.99 Å². The number of aromatic hydroxyl groups is 1. The van der Waals surface area contributed by atoms with Gasteiger partial charge in [-0.2, -0.15) is 0 Å². The fraction of sp³-hybridized carbons (Fsp3) is 0.208. The molecule has 10 nitrogen and oxygen atoms in total. The Kier molecular flexibility index (Phi) is 6.52. The van der Waals surface area contributed by atoms with Gasteiger partial charge in [0.25, 0.3) is 5.56 Å². The fourth-order valence-electron chi connectivity index (χ4n) is 3.85. The van der Waals surface area contributed by atoms with Gasteiger partial charge in [-0.1, -0.05) is 35.6 Å². The molecule has 0 amide bonds. The minimum absolute atomic E-state index is 0.117. The first kappa shape index (κ1) is 23.9. The summed E-state index contributed by atoms with van der Waals surface area (Å²) in [5.41, 5.74) is 0.475. The van der Waals surface area contributed by atoms with Gasteiger partial charge in [-0.15, -0.1) is 0 Å². The zero-order valence-corrected chi connectivity index (χ0v) is 19.9. The normalized spacial score (nSPS) is 15.4. The monoisotopic (exact) mass is 495 g/mol. The molecule has 0 aliphatic carbocycles. The quantitative estimate of drug-likeness (QED) is 0.315. The Morgan fingerprint density at radius 3 is 2.63 bits per heavy atom. The van der Waals surface area contributed by atoms with E-state index < -0.39 is 33.9 Å². The first-order valence-electron chi connectivity index (χ1n) is 10.6. The van der Waals surface area contributed by atoms with Crippen LogP contribution in [0.3, 0.4) is 0 Å². The van der Waals surface area contributed by atoms with Crippen LogP contribution in [0.25, 0.3) is 6.08 Å². The van der Waals surface area contributed by atoms with Gasteiger partial charge in [0.2, 0.25) is 5.75 Å². The molecule has 1 aliphatic rings. The lowest BCUT2D eigenvalue weighted by Gasteiger charge is -2.24. The van der Waals surface area contributed by atoms with E-state index in [1.807, 2.05) is 0 Å². The number of benzene rings is 2. The Bertz CT molecular complexity index is 1530. The van der Waals surface area contributed by atoms with Crippen molar-refractivity contribution in [3.05, 3.63) is 94.7 Å². The zero-order chi connectivity index (χ0) is 25.3. The summed E-state index contributed by atoms with van der Waals surface area (Å²) in [5.74, 6) is -0.515. The van der Waals surface area contributed by atoms with E-state index >= 15 is 0 Å². The molecule has 35 heavy (non-hydrogen) atoms. The van der Waals surface area contributed by atoms with Crippen molar-refractivity contribution in [3.63, 3.8) is 0 Å². The maximum atomic E-state index is 13.6. The molecule has 0 bridgehead atoms. The lowest BCUT2D eigenvalue weighted by Crippen LogP contribution is -2.39. The second-order valence-electron chi connectivity index (χ2n) is 7.55. The number of nitrogens with zero attached hydrogens (tertiary/aromatic N) is 3. The fourth-order valence-corrected chi connectivity index (χ4v) is 4.88. The third kappa shape index (κ3) is 4.33. The number of para-hydroxylation sites is 1. The van der Waals surface area contributed by atoms with Gasteiger partial charge in [-0.05, 0) is 37.6 Å². The van der Waals surface area contributed by atoms with Crippen molar-refractivity contribution in [2.75, 3.05) is 13.7 Å². The minimum Gasteiger partial charge on any atom is -0.502 e. The number of ether oxygens (including phenoxy) is 2. The second-order valence-corrected chi connectivity index (χ2v) is 8.56. The number of hydrogen-bond acceptors (Lipinski definition) is 9. The van der Waals surface area contributed by atoms with Crippen molar-refractivity contribution in [2.24, 2.45) is 4.99 Å². The predicted octanol–water partition coefficient (Wildman–Crippen LogP) is 2.42. The van der Waals surface area contributed by atoms with Crippen LogP contribution in [0.5, 0.6) is 11.5 Å². The summed E-state index contributed by atoms with van der Waals surface area (Å²) in [6, 6.07) is 10.2. The van der Waals surface area contributed by atoms with E-state index in [-0.39, 0.29) is 22.3 Å². The number of carbonyl (C=O) groups is 1. The smallest absolute Gasteiger partial charge is 0.338 e. The Morgan fingerprint density at radius 1 is 1.29 bits per heavy atom. The number of nitro groups is 1. The number of fused-ring (bicyclic) bond motifs is 1. The highest BCUT2D eigenvalue weighted by Crippen LogP contribution is 2.32. The molecule has 0 saturated heterocycles. The van der Waals surface area contributed by atoms with Crippen molar-refractivity contribution < 1.29 is 24.3 Å². The van der Waals surface area contributed by atoms with E-state index in [1.54, 1.807) is 38.1 Å². The molecule has 2 aromatic carbocycles. The molecule has 0 radical (unpaired) electrons. The molecule has 11 heteroatoms. The van der Waals surface area contributed by atoms with Crippen LogP contribution in [0.1, 0.15) is 31.0 Å². The molecular weight excluding hydrogens is 474 g/mol. The van der Waals surface area contributed by atoms with Crippen molar-refractivity contribution in [1.82, 2.24) is 4.57 Å². The van der Waals surface area contributed by atoms with Crippen LogP contribution >= 0.6 is 11.3 Å². The summed E-state index contributed by atoms with van der Waals surface area (Å²) in [6.07, 6.45) is 1.38. The molecule has 3 aromatic rings. The van der Waals surface area contributed by atoms with E-state index in [1.165, 1.54) is 36.0 Å². The summed E-state index contributed by atoms with van der Waals surface area (Å²) in [4.78, 5) is 41.8. The van der Waals surface area contributed by atoms with Gasteiger partial charge in [-0.3, -0.25) is 19.5 Å². The van der Waals surface area contributed by atoms with E-state index in [4.69, 9.17) is 9.47 Å². The summed E-state index contributed by atoms with van der Waals surface area (Å²) < 4.78 is 12.1. The largest absolute Gasteiger partial charge is 0.502 e. The summed E-state index contributed by atoms with van der Waals surface area (Å²) >= 11 is 1.05. The van der Waals surface area contributed by atoms with Crippen molar-refractivity contribution in [3.8, 4) is 11.5 Å². The zero-order valence-electron chi connectivity index (χ0n) is 19.0. The Balaban J connectivity index is 1.95. The lowest BCUT2D eigenvalue weighted by atomic mass is 9.96. The molecule has 180 valence electrons. The van der Waals surface area contributed by atoms with Gasteiger partial charge in [-0.25, -0.2) is 9.79 Å². The predicted molar refractivity (Wildman–Crippen MR) is 128 cm³/mol. The molecule has 1 aliphatic heterocycles. The molecule has 2 heterocycles. The van der Waals surface area contributed by atoms with Crippen LogP contribution in [-0.2, 0) is 9.53 Å². The maximum absolute atomic E-state index is 13.6. The number of carbonyl (C=O) groups excluding carboxylic acids is 1. The number of hydrogen-bond donors (Lipinski definition) is 1. The van der Waals surface area contributed by atoms with E-state index in [0.717, 1.165) is 11.3 Å². The number of rotatable bonds is 6. The van der Waals surface area contributed by atoms with Gasteiger partial charge < -0.3 is 14.6 Å². The van der Waals surface area contributed by atoms with Crippen LogP contribution in [0.4, 0.5) is 5.69 Å². The van der Waals surface area contributed by atoms with Crippen molar-refractivity contribution in [2.45, 2.75) is 19.9 Å². The third-order valence-corrected chi connectivity index (χ3v) is 6.46. The molecular formula is C24H21N3O7S. The van der Waals surface area contributed by atoms with Crippen LogP contribution < -0.4 is 19.6 Å². The number of nitro benzene ring substituents is 1. The molecule has 0 spiro atoms. The number of thiazole rings is 1. The Morgan fingerprint density at radius 2 is 2.00 bits per heavy atom. The van der Waals surface area contributed by atoms with Crippen LogP contribution in [0, 0.1) is 10.1 Å². The van der Waals surface area contributed by atoms with Crippen molar-refractivity contribution >= 4 is 29.1 Å². The van der Waals surface area contributed by atoms with Gasteiger partial charge in [0.15, 0.2) is 4.80 Å². The Hall–Kier alpha value is -4.25. The van der Waals surface area contributed by atoms with Gasteiger partial charge in [0.05, 0.1) is 40.5 Å². The molecule has 1 atom stereocenters. The highest BCUT2D eigenvalue weighted by molar-refractivity contribution is 7.07. The minimum atomic E-state index is -0.808. The number of esters is 1. The van der Waals surface area contributed by atoms with E-state index in [0.29, 0.717) is 21.8 Å². The van der Waals surface area contributed by atoms with E-state index in [9.17, 15) is 24.8 Å². The molecule has 1 unspecified atom stereocenters. The maximum Gasteiger partial charge on any atom is 0.338 e. The van der Waals surface area contributed by atoms with Gasteiger partial charge in [0.1, 0.15) is 5.75 Å². The summed E-state index contributed by atoms with van der Waals surface area (Å²) in [6.45, 7) is 3.52. The number of phenolic OH excluding ortho intramolecular Hbond substituents is 1. The van der Waals surface area contributed by atoms with Crippen LogP contribution in [-0.4, -0.2) is 34.3 Å². The summed E-state index contributed by atoms with van der Waals surface area (Å²) in [5, 5.41) is 21.5. The number of aromatic nitrogens is 1. The highest BCUT2D eigenvalue weighted by Gasteiger charge is 2.33. The van der Waals surface area contributed by atoms with Crippen molar-refractivity contribution in [1.29, 1.82) is 0 Å². The number of methoxy groups -OCH3 is 1. The average Bonchev–Trinajstić information content (AvgIpc) is 3.13. The summed E-state index contributed by atoms with van der Waals surface area (Å²) in [7, 11) is 1.54. The second kappa shape index (κ2) is 9.55. The molecule has 0 saturated carbocycles. The van der Waals surface area contributed by atoms with Crippen LogP contribution in [0.15, 0.2) is 63.5 Å². The molecule has 1 N–H and O–H groups in total. The third-order valence-electron chi connectivity index (χ3n) is 5.48. The number of allylic oxidation sites excluding steroid dienone is 1. The topological polar surface area (TPSA) is 133 Å². The van der Waals surface area contributed by atoms with Gasteiger partial charge in [0, 0.05) is 11.6 Å². The molecule has 1 aromatic heterocycles. The Labute approximate surface area is 202 Å². The molecule has 0 fully saturated rings. The van der Waals surface area contributed by atoms with Crippen LogP contribution in [0.2, 0.25) is 0 Å². The molecule has 4 rings (SSSR count). The standard InChI is InChI=1S/C24H21N3O7S/c1-4-34-23(30)19-13(2)25-24-26(20(19)14-8-10-16(33-3)11-9-14)22(29)18(35-24)12-15-6-5-7-17(21(15)28)27(31)32/h5-12,20,28H,4H2,1-3H3. The first-order chi connectivity index (χ1) is 16.8. The first-order valence-corrected chi connectivity index (χ1v) is 11.4. The highest BCUT2D eigenvalue weighted by atomic mass is 32.1. The average molecular weight is 496 g/mol. The SMILES string of the molecule is CCOC(=O)C1=C(C)N=c2sc(=Cc3cccc([N+](=O)[O-])c3O)c(=O)n2C1c1ccc(OC)cc1.